The molecule has 1 amide bonds. The molecule has 0 spiro atoms. The first kappa shape index (κ1) is 21.5. The fourth-order valence-corrected chi connectivity index (χ4v) is 4.09. The van der Waals surface area contributed by atoms with Gasteiger partial charge >= 0.3 is 0 Å². The third-order valence-electron chi connectivity index (χ3n) is 5.62. The van der Waals surface area contributed by atoms with E-state index in [1.807, 2.05) is 0 Å². The molecule has 2 aromatic carbocycles. The number of ketones is 1. The zero-order valence-corrected chi connectivity index (χ0v) is 17.5. The molecule has 0 radical (unpaired) electrons. The number of amides is 1. The maximum Gasteiger partial charge on any atom is 0.295 e. The Morgan fingerprint density at radius 2 is 1.74 bits per heavy atom. The van der Waals surface area contributed by atoms with E-state index < -0.39 is 23.5 Å². The summed E-state index contributed by atoms with van der Waals surface area (Å²) in [7, 11) is 0. The number of Topliss-reactive ketones (excluding diaryl/α,β-unsaturated/α-hetero) is 1. The minimum atomic E-state index is -1.02. The van der Waals surface area contributed by atoms with Gasteiger partial charge in [-0.25, -0.2) is 4.39 Å². The van der Waals surface area contributed by atoms with Crippen molar-refractivity contribution in [2.24, 2.45) is 0 Å². The normalized spacial score (nSPS) is 21.6. The highest BCUT2D eigenvalue weighted by Crippen LogP contribution is 2.40. The molecule has 2 aromatic rings. The van der Waals surface area contributed by atoms with Crippen molar-refractivity contribution in [3.8, 4) is 0 Å². The highest BCUT2D eigenvalue weighted by Gasteiger charge is 2.46. The van der Waals surface area contributed by atoms with Crippen LogP contribution in [-0.4, -0.2) is 66.0 Å². The van der Waals surface area contributed by atoms with Gasteiger partial charge in [0.05, 0.1) is 24.8 Å². The number of aliphatic hydroxyl groups excluding tert-OH is 1. The van der Waals surface area contributed by atoms with Gasteiger partial charge < -0.3 is 14.7 Å². The summed E-state index contributed by atoms with van der Waals surface area (Å²) >= 11 is 5.92. The molecule has 31 heavy (non-hydrogen) atoms. The monoisotopic (exact) mass is 444 g/mol. The highest BCUT2D eigenvalue weighted by atomic mass is 35.5. The van der Waals surface area contributed by atoms with E-state index in [9.17, 15) is 19.1 Å². The quantitative estimate of drug-likeness (QED) is 0.435. The van der Waals surface area contributed by atoms with Crippen molar-refractivity contribution in [1.82, 2.24) is 9.80 Å². The fourth-order valence-electron chi connectivity index (χ4n) is 3.97. The van der Waals surface area contributed by atoms with Gasteiger partial charge in [-0.15, -0.1) is 0 Å². The van der Waals surface area contributed by atoms with Crippen LogP contribution in [0.2, 0.25) is 5.02 Å². The summed E-state index contributed by atoms with van der Waals surface area (Å²) in [6.45, 7) is 3.39. The van der Waals surface area contributed by atoms with Crippen LogP contribution in [0, 0.1) is 5.82 Å². The molecule has 1 atom stereocenters. The van der Waals surface area contributed by atoms with Crippen LogP contribution in [0.15, 0.2) is 54.1 Å². The number of morpholine rings is 1. The van der Waals surface area contributed by atoms with Gasteiger partial charge in [-0.1, -0.05) is 29.8 Å². The lowest BCUT2D eigenvalue weighted by Gasteiger charge is -2.31. The summed E-state index contributed by atoms with van der Waals surface area (Å²) < 4.78 is 20.1. The van der Waals surface area contributed by atoms with Crippen molar-refractivity contribution >= 4 is 29.1 Å². The standard InChI is InChI=1S/C23H22ClFN2O4/c24-16-7-5-15(6-8-16)21(28)19-20(17-3-1-2-4-18(17)25)27(23(30)22(19)29)10-9-26-11-13-31-14-12-26/h1-8,20,28H,9-14H2/b21-19-. The van der Waals surface area contributed by atoms with Crippen molar-refractivity contribution in [2.45, 2.75) is 6.04 Å². The summed E-state index contributed by atoms with van der Waals surface area (Å²) in [5, 5.41) is 11.4. The van der Waals surface area contributed by atoms with Crippen molar-refractivity contribution < 1.29 is 23.8 Å². The molecule has 162 valence electrons. The first-order valence-corrected chi connectivity index (χ1v) is 10.4. The molecule has 8 heteroatoms. The second-order valence-corrected chi connectivity index (χ2v) is 7.91. The molecule has 0 saturated carbocycles. The number of rotatable bonds is 5. The third kappa shape index (κ3) is 4.35. The Morgan fingerprint density at radius 1 is 1.06 bits per heavy atom. The van der Waals surface area contributed by atoms with Gasteiger partial charge in [-0.05, 0) is 30.3 Å². The van der Waals surface area contributed by atoms with Gasteiger partial charge in [0.25, 0.3) is 11.7 Å². The van der Waals surface area contributed by atoms with Gasteiger partial charge in [0.15, 0.2) is 0 Å². The molecule has 2 aliphatic rings. The summed E-state index contributed by atoms with van der Waals surface area (Å²) in [4.78, 5) is 29.3. The topological polar surface area (TPSA) is 70.1 Å². The molecule has 2 fully saturated rings. The van der Waals surface area contributed by atoms with Gasteiger partial charge in [-0.3, -0.25) is 14.5 Å². The first-order chi connectivity index (χ1) is 15.0. The Labute approximate surface area is 184 Å². The van der Waals surface area contributed by atoms with Crippen molar-refractivity contribution in [3.05, 3.63) is 76.1 Å². The Bertz CT molecular complexity index is 1020. The molecule has 1 unspecified atom stereocenters. The van der Waals surface area contributed by atoms with Gasteiger partial charge in [0.2, 0.25) is 0 Å². The Morgan fingerprint density at radius 3 is 2.42 bits per heavy atom. The number of ether oxygens (including phenoxy) is 1. The molecular formula is C23H22ClFN2O4. The molecule has 2 saturated heterocycles. The molecule has 1 N–H and O–H groups in total. The summed E-state index contributed by atoms with van der Waals surface area (Å²) in [5.74, 6) is -2.48. The number of benzene rings is 2. The zero-order chi connectivity index (χ0) is 22.0. The lowest BCUT2D eigenvalue weighted by Crippen LogP contribution is -2.42. The van der Waals surface area contributed by atoms with Crippen LogP contribution in [0.4, 0.5) is 4.39 Å². The second-order valence-electron chi connectivity index (χ2n) is 7.47. The number of halogens is 2. The summed E-state index contributed by atoms with van der Waals surface area (Å²) in [6.07, 6.45) is 0. The predicted octanol–water partition coefficient (Wildman–Crippen LogP) is 3.23. The number of hydrogen-bond donors (Lipinski definition) is 1. The average Bonchev–Trinajstić information content (AvgIpc) is 3.03. The maximum absolute atomic E-state index is 14.8. The van der Waals surface area contributed by atoms with Crippen LogP contribution in [0.1, 0.15) is 17.2 Å². The zero-order valence-electron chi connectivity index (χ0n) is 16.8. The van der Waals surface area contributed by atoms with E-state index in [1.54, 1.807) is 30.3 Å². The van der Waals surface area contributed by atoms with Crippen LogP contribution in [-0.2, 0) is 14.3 Å². The molecule has 2 heterocycles. The number of nitrogens with zero attached hydrogens (tertiary/aromatic N) is 2. The van der Waals surface area contributed by atoms with Gasteiger partial charge in [0, 0.05) is 42.3 Å². The van der Waals surface area contributed by atoms with E-state index in [0.29, 0.717) is 30.3 Å². The second kappa shape index (κ2) is 9.18. The van der Waals surface area contributed by atoms with E-state index in [-0.39, 0.29) is 23.4 Å². The van der Waals surface area contributed by atoms with Crippen LogP contribution >= 0.6 is 11.6 Å². The summed E-state index contributed by atoms with van der Waals surface area (Å²) in [5.41, 5.74) is 0.371. The molecule has 6 nitrogen and oxygen atoms in total. The average molecular weight is 445 g/mol. The highest BCUT2D eigenvalue weighted by molar-refractivity contribution is 6.46. The van der Waals surface area contributed by atoms with E-state index in [1.165, 1.54) is 23.1 Å². The van der Waals surface area contributed by atoms with Gasteiger partial charge in [0.1, 0.15) is 11.6 Å². The molecule has 0 aliphatic carbocycles. The number of carbonyl (C=O) groups is 2. The van der Waals surface area contributed by atoms with Crippen LogP contribution in [0.25, 0.3) is 5.76 Å². The van der Waals surface area contributed by atoms with Gasteiger partial charge in [-0.2, -0.15) is 0 Å². The smallest absolute Gasteiger partial charge is 0.295 e. The molecular weight excluding hydrogens is 423 g/mol. The number of hydrogen-bond acceptors (Lipinski definition) is 5. The molecule has 2 aliphatic heterocycles. The maximum atomic E-state index is 14.8. The molecule has 0 bridgehead atoms. The van der Waals surface area contributed by atoms with E-state index in [2.05, 4.69) is 4.90 Å². The van der Waals surface area contributed by atoms with Crippen molar-refractivity contribution in [3.63, 3.8) is 0 Å². The third-order valence-corrected chi connectivity index (χ3v) is 5.87. The first-order valence-electron chi connectivity index (χ1n) is 10.1. The molecule has 4 rings (SSSR count). The van der Waals surface area contributed by atoms with E-state index >= 15 is 0 Å². The number of carbonyl (C=O) groups excluding carboxylic acids is 2. The fraction of sp³-hybridized carbons (Fsp3) is 0.304. The van der Waals surface area contributed by atoms with Crippen molar-refractivity contribution in [2.75, 3.05) is 39.4 Å². The Balaban J connectivity index is 1.75. The van der Waals surface area contributed by atoms with Crippen molar-refractivity contribution in [1.29, 1.82) is 0 Å². The van der Waals surface area contributed by atoms with Crippen LogP contribution < -0.4 is 0 Å². The number of likely N-dealkylation sites (tertiary alicyclic amines) is 1. The predicted molar refractivity (Wildman–Crippen MR) is 114 cm³/mol. The van der Waals surface area contributed by atoms with Crippen LogP contribution in [0.3, 0.4) is 0 Å². The number of aliphatic hydroxyl groups is 1. The molecule has 0 aromatic heterocycles. The Hall–Kier alpha value is -2.74. The summed E-state index contributed by atoms with van der Waals surface area (Å²) in [6, 6.07) is 11.2. The van der Waals surface area contributed by atoms with Crippen LogP contribution in [0.5, 0.6) is 0 Å². The lowest BCUT2D eigenvalue weighted by molar-refractivity contribution is -0.140. The van der Waals surface area contributed by atoms with E-state index in [0.717, 1.165) is 13.1 Å². The minimum absolute atomic E-state index is 0.126. The Kier molecular flexibility index (Phi) is 6.36. The minimum Gasteiger partial charge on any atom is -0.507 e. The largest absolute Gasteiger partial charge is 0.507 e. The van der Waals surface area contributed by atoms with E-state index in [4.69, 9.17) is 16.3 Å². The SMILES string of the molecule is O=C1C(=O)N(CCN2CCOCC2)C(c2ccccc2F)/C1=C(/O)c1ccc(Cl)cc1. The lowest BCUT2D eigenvalue weighted by atomic mass is 9.95.